The van der Waals surface area contributed by atoms with Crippen LogP contribution in [0.15, 0.2) is 36.4 Å². The number of benzene rings is 2. The van der Waals surface area contributed by atoms with Crippen molar-refractivity contribution in [2.75, 3.05) is 34.4 Å². The lowest BCUT2D eigenvalue weighted by Gasteiger charge is -2.62. The van der Waals surface area contributed by atoms with Crippen LogP contribution in [-0.4, -0.2) is 96.7 Å². The van der Waals surface area contributed by atoms with Crippen LogP contribution in [0.5, 0.6) is 5.75 Å². The number of carbonyl (C=O) groups is 2. The number of nitrogens with zero attached hydrogens (tertiary/aromatic N) is 2. The van der Waals surface area contributed by atoms with Gasteiger partial charge in [0.1, 0.15) is 23.7 Å². The molecule has 3 saturated carbocycles. The van der Waals surface area contributed by atoms with E-state index in [9.17, 15) is 19.8 Å². The van der Waals surface area contributed by atoms with Gasteiger partial charge in [0, 0.05) is 35.7 Å². The zero-order valence-corrected chi connectivity index (χ0v) is 31.8. The highest BCUT2D eigenvalue weighted by Crippen LogP contribution is 2.61. The van der Waals surface area contributed by atoms with Crippen molar-refractivity contribution in [3.05, 3.63) is 53.3 Å². The lowest BCUT2D eigenvalue weighted by Crippen LogP contribution is -2.62. The fourth-order valence-corrected chi connectivity index (χ4v) is 9.15. The molecule has 2 aromatic carbocycles. The second-order valence-electron chi connectivity index (χ2n) is 16.5. The summed E-state index contributed by atoms with van der Waals surface area (Å²) in [5.41, 5.74) is 2.12. The fraction of sp³-hybridized carbons (Fsp3) is 0.650. The van der Waals surface area contributed by atoms with E-state index < -0.39 is 35.9 Å². The minimum atomic E-state index is -0.922. The Morgan fingerprint density at radius 3 is 2.47 bits per heavy atom. The number of para-hydroxylation sites is 1. The zero-order chi connectivity index (χ0) is 37.4. The van der Waals surface area contributed by atoms with Crippen molar-refractivity contribution >= 4 is 11.8 Å². The Kier molecular flexibility index (Phi) is 12.2. The second kappa shape index (κ2) is 15.9. The van der Waals surface area contributed by atoms with Crippen LogP contribution in [-0.2, 0) is 16.2 Å². The Labute approximate surface area is 303 Å². The molecule has 1 saturated heterocycles. The summed E-state index contributed by atoms with van der Waals surface area (Å²) in [5, 5.41) is 29.0. The smallest absolute Gasteiger partial charge is 0.254 e. The van der Waals surface area contributed by atoms with Crippen molar-refractivity contribution in [1.29, 1.82) is 0 Å². The molecular formula is C40H59FN4O6. The third-order valence-electron chi connectivity index (χ3n) is 11.9. The average Bonchev–Trinajstić information content (AvgIpc) is 3.43. The molecule has 11 heteroatoms. The van der Waals surface area contributed by atoms with Crippen LogP contribution in [0.2, 0.25) is 0 Å². The number of likely N-dealkylation sites (N-methyl/N-ethyl adjacent to an activating group) is 1. The van der Waals surface area contributed by atoms with Crippen molar-refractivity contribution in [1.82, 2.24) is 20.6 Å². The number of nitrogens with one attached hydrogen (secondary N) is 2. The van der Waals surface area contributed by atoms with Gasteiger partial charge in [-0.15, -0.1) is 0 Å². The Morgan fingerprint density at radius 1 is 1.16 bits per heavy atom. The molecule has 0 aromatic heterocycles. The molecule has 6 rings (SSSR count). The topological polar surface area (TPSA) is 124 Å². The van der Waals surface area contributed by atoms with Crippen LogP contribution in [0, 0.1) is 40.8 Å². The van der Waals surface area contributed by atoms with E-state index in [1.807, 2.05) is 37.2 Å². The van der Waals surface area contributed by atoms with Gasteiger partial charge in [0.05, 0.1) is 31.9 Å². The van der Waals surface area contributed by atoms with Crippen molar-refractivity contribution < 1.29 is 33.8 Å². The number of carbonyl (C=O) groups excluding carboxylic acids is 2. The second-order valence-corrected chi connectivity index (χ2v) is 16.5. The third kappa shape index (κ3) is 8.13. The van der Waals surface area contributed by atoms with Crippen molar-refractivity contribution in [3.63, 3.8) is 0 Å². The average molecular weight is 711 g/mol. The number of hydroxylamine groups is 2. The third-order valence-corrected chi connectivity index (χ3v) is 11.9. The molecule has 282 valence electrons. The maximum absolute atomic E-state index is 15.2. The van der Waals surface area contributed by atoms with Gasteiger partial charge >= 0.3 is 0 Å². The summed E-state index contributed by atoms with van der Waals surface area (Å²) in [7, 11) is 5.42. The number of fused-ring (bicyclic) bond motifs is 2. The van der Waals surface area contributed by atoms with Crippen LogP contribution in [0.3, 0.4) is 0 Å². The SMILES string of the molecule is COc1c(CN2O[C@@H](CO)C(C(C)O)[C@H]2C(=O)N[C@H]2C[C@H]3C[C@@H]([C@@H]2C)C3(C)C)cccc1-c1ccc(F)c(C(=O)N[C@@H](CC(C)C)CN(C)C)c1. The van der Waals surface area contributed by atoms with Gasteiger partial charge in [-0.3, -0.25) is 14.4 Å². The molecule has 4 N–H and O–H groups in total. The van der Waals surface area contributed by atoms with E-state index in [2.05, 4.69) is 45.3 Å². The quantitative estimate of drug-likeness (QED) is 0.219. The van der Waals surface area contributed by atoms with Gasteiger partial charge in [-0.05, 0) is 87.1 Å². The zero-order valence-electron chi connectivity index (χ0n) is 31.8. The number of aliphatic hydroxyl groups excluding tert-OH is 2. The fourth-order valence-electron chi connectivity index (χ4n) is 9.15. The van der Waals surface area contributed by atoms with Gasteiger partial charge in [-0.1, -0.05) is 58.9 Å². The van der Waals surface area contributed by atoms with E-state index >= 15 is 4.39 Å². The number of hydrogen-bond acceptors (Lipinski definition) is 8. The van der Waals surface area contributed by atoms with Gasteiger partial charge < -0.3 is 30.5 Å². The molecule has 2 unspecified atom stereocenters. The highest BCUT2D eigenvalue weighted by molar-refractivity contribution is 5.96. The predicted molar refractivity (Wildman–Crippen MR) is 195 cm³/mol. The highest BCUT2D eigenvalue weighted by Gasteiger charge is 2.57. The first-order chi connectivity index (χ1) is 24.1. The van der Waals surface area contributed by atoms with Gasteiger partial charge in [0.15, 0.2) is 0 Å². The molecule has 9 atom stereocenters. The normalized spacial score (nSPS) is 28.3. The lowest BCUT2D eigenvalue weighted by atomic mass is 9.45. The minimum Gasteiger partial charge on any atom is -0.496 e. The summed E-state index contributed by atoms with van der Waals surface area (Å²) in [4.78, 5) is 35.8. The van der Waals surface area contributed by atoms with Crippen LogP contribution in [0.4, 0.5) is 4.39 Å². The maximum Gasteiger partial charge on any atom is 0.254 e. The molecule has 2 bridgehead atoms. The number of ether oxygens (including phenoxy) is 1. The molecule has 51 heavy (non-hydrogen) atoms. The summed E-state index contributed by atoms with van der Waals surface area (Å²) in [6.07, 6.45) is 1.15. The number of amides is 2. The summed E-state index contributed by atoms with van der Waals surface area (Å²) in [5.74, 6) is 0.240. The molecule has 10 nitrogen and oxygen atoms in total. The van der Waals surface area contributed by atoms with Crippen LogP contribution in [0.1, 0.15) is 76.7 Å². The van der Waals surface area contributed by atoms with Crippen LogP contribution in [0.25, 0.3) is 11.1 Å². The molecule has 4 aliphatic rings. The Balaban J connectivity index is 1.41. The standard InChI is InChI=1S/C40H59FN4O6/c1-22(2)15-28(20-44(7)8)42-38(48)30-16-25(13-14-32(30)41)29-12-10-11-26(37(29)50-9)19-45-36(35(24(4)47)34(21-46)51-45)39(49)43-33-18-27-17-31(23(33)3)40(27,5)6/h10-14,16,22-24,27-28,31,33-36,46-47H,15,17-21H2,1-9H3,(H,42,48)(H,43,49)/t23-,24?,27+,28-,31-,33-,34-,35?,36-/m0/s1. The van der Waals surface area contributed by atoms with Gasteiger partial charge in [-0.25, -0.2) is 4.39 Å². The molecule has 4 fully saturated rings. The van der Waals surface area contributed by atoms with Crippen LogP contribution >= 0.6 is 0 Å². The minimum absolute atomic E-state index is 0.0187. The van der Waals surface area contributed by atoms with Gasteiger partial charge in [0.25, 0.3) is 5.91 Å². The number of rotatable bonds is 14. The predicted octanol–water partition coefficient (Wildman–Crippen LogP) is 4.87. The van der Waals surface area contributed by atoms with Crippen molar-refractivity contribution in [2.24, 2.45) is 35.0 Å². The number of methoxy groups -OCH3 is 1. The first kappa shape index (κ1) is 39.1. The van der Waals surface area contributed by atoms with E-state index in [0.29, 0.717) is 52.7 Å². The van der Waals surface area contributed by atoms with E-state index in [0.717, 1.165) is 12.8 Å². The first-order valence-electron chi connectivity index (χ1n) is 18.5. The summed E-state index contributed by atoms with van der Waals surface area (Å²) < 4.78 is 21.1. The van der Waals surface area contributed by atoms with Gasteiger partial charge in [0.2, 0.25) is 5.91 Å². The maximum atomic E-state index is 15.2. The molecule has 0 radical (unpaired) electrons. The number of halogens is 1. The lowest BCUT2D eigenvalue weighted by molar-refractivity contribution is -0.183. The molecule has 3 aliphatic carbocycles. The molecule has 2 aromatic rings. The van der Waals surface area contributed by atoms with E-state index in [1.54, 1.807) is 31.2 Å². The van der Waals surface area contributed by atoms with Crippen LogP contribution < -0.4 is 15.4 Å². The highest BCUT2D eigenvalue weighted by atomic mass is 19.1. The summed E-state index contributed by atoms with van der Waals surface area (Å²) in [6.45, 7) is 13.0. The number of aliphatic hydroxyl groups is 2. The monoisotopic (exact) mass is 710 g/mol. The Bertz CT molecular complexity index is 1540. The Morgan fingerprint density at radius 2 is 1.88 bits per heavy atom. The largest absolute Gasteiger partial charge is 0.496 e. The van der Waals surface area contributed by atoms with Gasteiger partial charge in [-0.2, -0.15) is 5.06 Å². The molecule has 2 amide bonds. The van der Waals surface area contributed by atoms with E-state index in [-0.39, 0.29) is 42.1 Å². The Hall–Kier alpha value is -3.09. The molecule has 1 heterocycles. The summed E-state index contributed by atoms with van der Waals surface area (Å²) >= 11 is 0. The first-order valence-corrected chi connectivity index (χ1v) is 18.5. The van der Waals surface area contributed by atoms with Crippen molar-refractivity contribution in [3.8, 4) is 16.9 Å². The molecule has 1 aliphatic heterocycles. The molecular weight excluding hydrogens is 651 g/mol. The molecule has 0 spiro atoms. The van der Waals surface area contributed by atoms with E-state index in [1.165, 1.54) is 12.5 Å². The summed E-state index contributed by atoms with van der Waals surface area (Å²) in [6, 6.07) is 8.99. The number of hydrogen-bond donors (Lipinski definition) is 4. The van der Waals surface area contributed by atoms with Crippen molar-refractivity contribution in [2.45, 2.75) is 97.7 Å². The van der Waals surface area contributed by atoms with E-state index in [4.69, 9.17) is 9.57 Å².